The summed E-state index contributed by atoms with van der Waals surface area (Å²) in [5, 5.41) is 0. The minimum absolute atomic E-state index is 0.108. The third-order valence-electron chi connectivity index (χ3n) is 3.71. The molecule has 1 rings (SSSR count). The maximum absolute atomic E-state index is 11.8. The van der Waals surface area contributed by atoms with Gasteiger partial charge in [-0.25, -0.2) is 4.79 Å². The predicted octanol–water partition coefficient (Wildman–Crippen LogP) is 3.07. The van der Waals surface area contributed by atoms with Crippen LogP contribution in [0.15, 0.2) is 12.3 Å². The van der Waals surface area contributed by atoms with E-state index in [0.717, 1.165) is 12.8 Å². The molecule has 1 fully saturated rings. The predicted molar refractivity (Wildman–Crippen MR) is 72.1 cm³/mol. The summed E-state index contributed by atoms with van der Waals surface area (Å²) in [4.78, 5) is 22.6. The summed E-state index contributed by atoms with van der Waals surface area (Å²) in [7, 11) is 0. The van der Waals surface area contributed by atoms with Crippen LogP contribution in [0.25, 0.3) is 0 Å². The van der Waals surface area contributed by atoms with Crippen LogP contribution in [0.4, 0.5) is 0 Å². The molecule has 19 heavy (non-hydrogen) atoms. The molecule has 1 aliphatic rings. The normalized spacial score (nSPS) is 26.9. The zero-order chi connectivity index (χ0) is 14.6. The largest absolute Gasteiger partial charge is 0.456 e. The highest BCUT2D eigenvalue weighted by molar-refractivity contribution is 5.88. The lowest BCUT2D eigenvalue weighted by Crippen LogP contribution is -2.36. The van der Waals surface area contributed by atoms with E-state index >= 15 is 0 Å². The minimum atomic E-state index is -0.625. The summed E-state index contributed by atoms with van der Waals surface area (Å²) in [5.41, 5.74) is 0. The maximum atomic E-state index is 11.8. The molecule has 0 N–H and O–H groups in total. The fraction of sp³-hybridized carbons (Fsp3) is 0.733. The van der Waals surface area contributed by atoms with Crippen LogP contribution in [0.2, 0.25) is 0 Å². The van der Waals surface area contributed by atoms with Gasteiger partial charge in [0.1, 0.15) is 6.10 Å². The minimum Gasteiger partial charge on any atom is -0.456 e. The van der Waals surface area contributed by atoms with Crippen LogP contribution in [0.3, 0.4) is 0 Å². The van der Waals surface area contributed by atoms with Crippen molar-refractivity contribution >= 4 is 11.9 Å². The molecule has 3 atom stereocenters. The Morgan fingerprint density at radius 2 is 1.89 bits per heavy atom. The molecule has 0 spiro atoms. The van der Waals surface area contributed by atoms with Gasteiger partial charge >= 0.3 is 11.9 Å². The standard InChI is InChI=1S/C15H24O4/c1-9(2)13-7-6-10(3)8-14(13)19-15(17)11(4)18-12(5)16/h9-10,13-14H,4,6-8H2,1-3,5H3/t10-,13+,14+/m0/s1. The second kappa shape index (κ2) is 6.73. The first-order valence-corrected chi connectivity index (χ1v) is 6.89. The topological polar surface area (TPSA) is 52.6 Å². The summed E-state index contributed by atoms with van der Waals surface area (Å²) in [6.45, 7) is 11.1. The molecule has 0 radical (unpaired) electrons. The van der Waals surface area contributed by atoms with Gasteiger partial charge in [-0.2, -0.15) is 0 Å². The zero-order valence-corrected chi connectivity index (χ0v) is 12.3. The van der Waals surface area contributed by atoms with E-state index in [1.54, 1.807) is 0 Å². The third kappa shape index (κ3) is 4.69. The molecule has 0 aromatic heterocycles. The number of ether oxygens (including phenoxy) is 2. The smallest absolute Gasteiger partial charge is 0.374 e. The molecule has 0 aromatic carbocycles. The summed E-state index contributed by atoms with van der Waals surface area (Å²) in [6.07, 6.45) is 2.99. The molecule has 0 unspecified atom stereocenters. The fourth-order valence-corrected chi connectivity index (χ4v) is 2.67. The van der Waals surface area contributed by atoms with Crippen molar-refractivity contribution in [3.8, 4) is 0 Å². The van der Waals surface area contributed by atoms with E-state index in [0.29, 0.717) is 17.8 Å². The quantitative estimate of drug-likeness (QED) is 0.446. The van der Waals surface area contributed by atoms with E-state index < -0.39 is 11.9 Å². The average molecular weight is 268 g/mol. The Bertz CT molecular complexity index is 359. The highest BCUT2D eigenvalue weighted by Crippen LogP contribution is 2.35. The van der Waals surface area contributed by atoms with E-state index in [4.69, 9.17) is 4.74 Å². The van der Waals surface area contributed by atoms with Crippen molar-refractivity contribution in [3.05, 3.63) is 12.3 Å². The number of rotatable bonds is 4. The van der Waals surface area contributed by atoms with E-state index in [2.05, 4.69) is 32.1 Å². The number of esters is 2. The SMILES string of the molecule is C=C(OC(C)=O)C(=O)O[C@@H]1C[C@@H](C)CC[C@@H]1C(C)C. The van der Waals surface area contributed by atoms with Gasteiger partial charge in [0, 0.05) is 6.92 Å². The molecule has 108 valence electrons. The molecule has 1 aliphatic carbocycles. The molecule has 1 saturated carbocycles. The lowest BCUT2D eigenvalue weighted by Gasteiger charge is -2.36. The van der Waals surface area contributed by atoms with Crippen molar-refractivity contribution < 1.29 is 19.1 Å². The number of hydrogen-bond donors (Lipinski definition) is 0. The van der Waals surface area contributed by atoms with Crippen molar-refractivity contribution in [1.29, 1.82) is 0 Å². The second-order valence-electron chi connectivity index (χ2n) is 5.79. The molecular formula is C15H24O4. The van der Waals surface area contributed by atoms with Crippen LogP contribution in [0, 0.1) is 17.8 Å². The number of hydrogen-bond acceptors (Lipinski definition) is 4. The zero-order valence-electron chi connectivity index (χ0n) is 12.3. The lowest BCUT2D eigenvalue weighted by molar-refractivity contribution is -0.159. The summed E-state index contributed by atoms with van der Waals surface area (Å²) < 4.78 is 10.2. The van der Waals surface area contributed by atoms with Gasteiger partial charge in [-0.05, 0) is 37.2 Å². The van der Waals surface area contributed by atoms with Crippen molar-refractivity contribution in [2.75, 3.05) is 0 Å². The average Bonchev–Trinajstić information content (AvgIpc) is 2.27. The first kappa shape index (κ1) is 15.7. The Morgan fingerprint density at radius 3 is 2.42 bits per heavy atom. The Kier molecular flexibility index (Phi) is 5.58. The molecule has 0 saturated heterocycles. The Balaban J connectivity index is 2.63. The van der Waals surface area contributed by atoms with Gasteiger partial charge in [0.05, 0.1) is 0 Å². The van der Waals surface area contributed by atoms with Crippen molar-refractivity contribution in [2.45, 2.75) is 53.1 Å². The van der Waals surface area contributed by atoms with Crippen LogP contribution in [0.5, 0.6) is 0 Å². The first-order chi connectivity index (χ1) is 8.81. The van der Waals surface area contributed by atoms with E-state index in [9.17, 15) is 9.59 Å². The Labute approximate surface area is 115 Å². The molecule has 0 amide bonds. The summed E-state index contributed by atoms with van der Waals surface area (Å²) in [6, 6.07) is 0. The Hall–Kier alpha value is -1.32. The van der Waals surface area contributed by atoms with Crippen molar-refractivity contribution in [1.82, 2.24) is 0 Å². The van der Waals surface area contributed by atoms with Crippen LogP contribution in [0.1, 0.15) is 47.0 Å². The van der Waals surface area contributed by atoms with Crippen LogP contribution in [-0.2, 0) is 19.1 Å². The molecule has 4 heteroatoms. The third-order valence-corrected chi connectivity index (χ3v) is 3.71. The second-order valence-corrected chi connectivity index (χ2v) is 5.79. The summed E-state index contributed by atoms with van der Waals surface area (Å²) >= 11 is 0. The molecule has 0 heterocycles. The molecule has 0 bridgehead atoms. The van der Waals surface area contributed by atoms with Crippen molar-refractivity contribution in [2.24, 2.45) is 17.8 Å². The van der Waals surface area contributed by atoms with Crippen molar-refractivity contribution in [3.63, 3.8) is 0 Å². The van der Waals surface area contributed by atoms with Gasteiger partial charge in [0.15, 0.2) is 0 Å². The maximum Gasteiger partial charge on any atom is 0.374 e. The van der Waals surface area contributed by atoms with Gasteiger partial charge in [0.25, 0.3) is 0 Å². The van der Waals surface area contributed by atoms with E-state index in [-0.39, 0.29) is 11.9 Å². The molecule has 4 nitrogen and oxygen atoms in total. The van der Waals surface area contributed by atoms with Crippen LogP contribution >= 0.6 is 0 Å². The lowest BCUT2D eigenvalue weighted by atomic mass is 9.75. The van der Waals surface area contributed by atoms with E-state index in [1.807, 2.05) is 0 Å². The molecular weight excluding hydrogens is 244 g/mol. The number of carbonyl (C=O) groups excluding carboxylic acids is 2. The van der Waals surface area contributed by atoms with Crippen LogP contribution < -0.4 is 0 Å². The Morgan fingerprint density at radius 1 is 1.26 bits per heavy atom. The van der Waals surface area contributed by atoms with Gasteiger partial charge in [-0.3, -0.25) is 4.79 Å². The van der Waals surface area contributed by atoms with Gasteiger partial charge < -0.3 is 9.47 Å². The number of carbonyl (C=O) groups is 2. The first-order valence-electron chi connectivity index (χ1n) is 6.89. The highest BCUT2D eigenvalue weighted by Gasteiger charge is 2.34. The fourth-order valence-electron chi connectivity index (χ4n) is 2.67. The van der Waals surface area contributed by atoms with Gasteiger partial charge in [-0.15, -0.1) is 0 Å². The van der Waals surface area contributed by atoms with Gasteiger partial charge in [-0.1, -0.05) is 27.2 Å². The van der Waals surface area contributed by atoms with Gasteiger partial charge in [0.2, 0.25) is 5.76 Å². The van der Waals surface area contributed by atoms with Crippen LogP contribution in [-0.4, -0.2) is 18.0 Å². The molecule has 0 aromatic rings. The molecule has 0 aliphatic heterocycles. The van der Waals surface area contributed by atoms with E-state index in [1.165, 1.54) is 13.3 Å². The highest BCUT2D eigenvalue weighted by atomic mass is 16.6. The monoisotopic (exact) mass is 268 g/mol. The summed E-state index contributed by atoms with van der Waals surface area (Å²) in [5.74, 6) is -0.0279.